The van der Waals surface area contributed by atoms with E-state index < -0.39 is 17.1 Å². The molecular formula is C13H9N3O3S. The van der Waals surface area contributed by atoms with Crippen LogP contribution in [0.1, 0.15) is 10.5 Å². The van der Waals surface area contributed by atoms with Gasteiger partial charge in [-0.2, -0.15) is 4.37 Å². The van der Waals surface area contributed by atoms with Crippen molar-refractivity contribution in [1.82, 2.24) is 9.36 Å². The Hall–Kier alpha value is -2.67. The van der Waals surface area contributed by atoms with Gasteiger partial charge in [0, 0.05) is 5.56 Å². The molecule has 4 N–H and O–H groups in total. The molecule has 0 spiro atoms. The largest absolute Gasteiger partial charge is 0.503 e. The first-order valence-corrected chi connectivity index (χ1v) is 6.46. The monoisotopic (exact) mass is 287 g/mol. The molecule has 0 saturated carbocycles. The van der Waals surface area contributed by atoms with Crippen LogP contribution < -0.4 is 11.2 Å². The molecule has 0 atom stereocenters. The van der Waals surface area contributed by atoms with Gasteiger partial charge >= 0.3 is 0 Å². The van der Waals surface area contributed by atoms with Crippen molar-refractivity contribution in [2.24, 2.45) is 5.73 Å². The Morgan fingerprint density at radius 1 is 1.30 bits per heavy atom. The lowest BCUT2D eigenvalue weighted by atomic mass is 10.1. The molecule has 2 heterocycles. The normalized spacial score (nSPS) is 10.8. The minimum atomic E-state index is -0.725. The third kappa shape index (κ3) is 1.76. The fourth-order valence-electron chi connectivity index (χ4n) is 1.95. The Labute approximate surface area is 116 Å². The molecule has 0 bridgehead atoms. The Bertz CT molecular complexity index is 868. The number of aromatic amines is 1. The van der Waals surface area contributed by atoms with Gasteiger partial charge in [-0.15, -0.1) is 0 Å². The van der Waals surface area contributed by atoms with Crippen LogP contribution >= 0.6 is 11.5 Å². The number of primary amides is 1. The van der Waals surface area contributed by atoms with Crippen molar-refractivity contribution in [3.05, 3.63) is 46.2 Å². The summed E-state index contributed by atoms with van der Waals surface area (Å²) < 4.78 is 4.03. The molecule has 0 aliphatic heterocycles. The van der Waals surface area contributed by atoms with Gasteiger partial charge in [0.1, 0.15) is 4.70 Å². The van der Waals surface area contributed by atoms with Crippen molar-refractivity contribution >= 4 is 27.7 Å². The summed E-state index contributed by atoms with van der Waals surface area (Å²) in [6, 6.07) is 8.84. The van der Waals surface area contributed by atoms with Gasteiger partial charge < -0.3 is 15.8 Å². The molecule has 0 unspecified atom stereocenters. The van der Waals surface area contributed by atoms with Gasteiger partial charge in [-0.25, -0.2) is 0 Å². The van der Waals surface area contributed by atoms with Crippen LogP contribution in [0.5, 0.6) is 5.75 Å². The van der Waals surface area contributed by atoms with Crippen LogP contribution in [0, 0.1) is 0 Å². The molecule has 0 aliphatic carbocycles. The first-order valence-electron chi connectivity index (χ1n) is 5.69. The number of H-pyrrole nitrogens is 1. The van der Waals surface area contributed by atoms with E-state index in [0.717, 1.165) is 11.5 Å². The van der Waals surface area contributed by atoms with E-state index in [9.17, 15) is 14.7 Å². The minimum absolute atomic E-state index is 0.000666. The third-order valence-electron chi connectivity index (χ3n) is 2.90. The van der Waals surface area contributed by atoms with Crippen molar-refractivity contribution in [2.45, 2.75) is 0 Å². The second kappa shape index (κ2) is 4.46. The summed E-state index contributed by atoms with van der Waals surface area (Å²) in [6.07, 6.45) is 0. The van der Waals surface area contributed by atoms with Crippen LogP contribution in [-0.4, -0.2) is 20.4 Å². The van der Waals surface area contributed by atoms with Crippen LogP contribution in [0.2, 0.25) is 0 Å². The first-order chi connectivity index (χ1) is 9.59. The number of carbonyl (C=O) groups excluding carboxylic acids is 1. The average Bonchev–Trinajstić information content (AvgIpc) is 2.88. The zero-order chi connectivity index (χ0) is 14.3. The van der Waals surface area contributed by atoms with E-state index in [1.165, 1.54) is 0 Å². The maximum atomic E-state index is 12.1. The average molecular weight is 287 g/mol. The van der Waals surface area contributed by atoms with Gasteiger partial charge in [-0.1, -0.05) is 30.3 Å². The van der Waals surface area contributed by atoms with E-state index in [1.54, 1.807) is 24.3 Å². The van der Waals surface area contributed by atoms with Crippen molar-refractivity contribution < 1.29 is 9.90 Å². The van der Waals surface area contributed by atoms with Gasteiger partial charge in [-0.3, -0.25) is 9.59 Å². The number of nitrogens with two attached hydrogens (primary N) is 1. The number of carbonyl (C=O) groups is 1. The highest BCUT2D eigenvalue weighted by Crippen LogP contribution is 2.28. The highest BCUT2D eigenvalue weighted by Gasteiger charge is 2.19. The molecule has 0 radical (unpaired) electrons. The van der Waals surface area contributed by atoms with Gasteiger partial charge in [0.05, 0.1) is 11.2 Å². The second-order valence-electron chi connectivity index (χ2n) is 4.14. The topological polar surface area (TPSA) is 109 Å². The molecule has 7 heteroatoms. The standard InChI is InChI=1S/C13H9N3O3S/c14-13(19)9-8-12(20-16-9)11(18)10(17)7(15-8)6-4-2-1-3-5-6/h1-5,17H,(H2,14,19)(H,15,18). The van der Waals surface area contributed by atoms with Crippen molar-refractivity contribution in [3.8, 4) is 17.0 Å². The fourth-order valence-corrected chi connectivity index (χ4v) is 2.73. The van der Waals surface area contributed by atoms with E-state index in [4.69, 9.17) is 5.73 Å². The van der Waals surface area contributed by atoms with Crippen LogP contribution in [0.4, 0.5) is 0 Å². The van der Waals surface area contributed by atoms with Gasteiger partial charge in [0.2, 0.25) is 5.43 Å². The smallest absolute Gasteiger partial charge is 0.270 e. The Morgan fingerprint density at radius 3 is 2.65 bits per heavy atom. The molecule has 1 amide bonds. The van der Waals surface area contributed by atoms with Crippen LogP contribution in [0.3, 0.4) is 0 Å². The number of hydrogen-bond acceptors (Lipinski definition) is 5. The third-order valence-corrected chi connectivity index (χ3v) is 3.74. The molecule has 3 aromatic rings. The van der Waals surface area contributed by atoms with Crippen molar-refractivity contribution in [3.63, 3.8) is 0 Å². The molecule has 100 valence electrons. The maximum absolute atomic E-state index is 12.1. The number of pyridine rings is 1. The summed E-state index contributed by atoms with van der Waals surface area (Å²) >= 11 is 0.832. The Balaban J connectivity index is 2.39. The van der Waals surface area contributed by atoms with E-state index in [2.05, 4.69) is 9.36 Å². The van der Waals surface area contributed by atoms with Crippen molar-refractivity contribution in [2.75, 3.05) is 0 Å². The minimum Gasteiger partial charge on any atom is -0.503 e. The SMILES string of the molecule is NC(=O)c1nsc2c(=O)c(O)c(-c3ccccc3)[nH]c12. The first kappa shape index (κ1) is 12.4. The van der Waals surface area contributed by atoms with Crippen LogP contribution in [-0.2, 0) is 0 Å². The molecule has 2 aromatic heterocycles. The number of nitrogens with zero attached hydrogens (tertiary/aromatic N) is 1. The highest BCUT2D eigenvalue weighted by molar-refractivity contribution is 7.13. The van der Waals surface area contributed by atoms with Gasteiger partial charge in [0.25, 0.3) is 5.91 Å². The van der Waals surface area contributed by atoms with E-state index >= 15 is 0 Å². The van der Waals surface area contributed by atoms with Crippen molar-refractivity contribution in [1.29, 1.82) is 0 Å². The summed E-state index contributed by atoms with van der Waals surface area (Å²) in [5.41, 5.74) is 5.78. The number of fused-ring (bicyclic) bond motifs is 1. The molecule has 6 nitrogen and oxygen atoms in total. The van der Waals surface area contributed by atoms with Gasteiger partial charge in [0.15, 0.2) is 11.4 Å². The molecule has 0 saturated heterocycles. The predicted octanol–water partition coefficient (Wildman–Crippen LogP) is 1.46. The number of aromatic nitrogens is 2. The van der Waals surface area contributed by atoms with Crippen LogP contribution in [0.25, 0.3) is 21.5 Å². The maximum Gasteiger partial charge on any atom is 0.270 e. The number of hydrogen-bond donors (Lipinski definition) is 3. The summed E-state index contributed by atoms with van der Waals surface area (Å²) in [5, 5.41) is 10.0. The number of nitrogens with one attached hydrogen (secondary N) is 1. The highest BCUT2D eigenvalue weighted by atomic mass is 32.1. The lowest BCUT2D eigenvalue weighted by Gasteiger charge is -2.05. The van der Waals surface area contributed by atoms with E-state index in [1.807, 2.05) is 6.07 Å². The molecule has 20 heavy (non-hydrogen) atoms. The number of rotatable bonds is 2. The molecule has 3 rings (SSSR count). The molecule has 1 aromatic carbocycles. The lowest BCUT2D eigenvalue weighted by Crippen LogP contribution is -2.13. The van der Waals surface area contributed by atoms with E-state index in [-0.39, 0.29) is 21.6 Å². The fraction of sp³-hybridized carbons (Fsp3) is 0. The van der Waals surface area contributed by atoms with Gasteiger partial charge in [-0.05, 0) is 11.5 Å². The summed E-state index contributed by atoms with van der Waals surface area (Å²) in [5.74, 6) is -1.13. The number of amides is 1. The molecular weight excluding hydrogens is 278 g/mol. The zero-order valence-corrected chi connectivity index (χ0v) is 10.9. The zero-order valence-electron chi connectivity index (χ0n) is 10.1. The summed E-state index contributed by atoms with van der Waals surface area (Å²) in [7, 11) is 0. The Kier molecular flexibility index (Phi) is 2.76. The van der Waals surface area contributed by atoms with E-state index in [0.29, 0.717) is 5.56 Å². The number of benzene rings is 1. The molecule has 0 aliphatic rings. The Morgan fingerprint density at radius 2 is 2.00 bits per heavy atom. The quantitative estimate of drug-likeness (QED) is 0.662. The number of aromatic hydroxyl groups is 1. The van der Waals surface area contributed by atoms with Crippen LogP contribution in [0.15, 0.2) is 35.1 Å². The predicted molar refractivity (Wildman–Crippen MR) is 75.9 cm³/mol. The molecule has 0 fully saturated rings. The summed E-state index contributed by atoms with van der Waals surface area (Å²) in [6.45, 7) is 0. The second-order valence-corrected chi connectivity index (χ2v) is 4.92. The summed E-state index contributed by atoms with van der Waals surface area (Å²) in [4.78, 5) is 26.3. The lowest BCUT2D eigenvalue weighted by molar-refractivity contribution is 0.0998.